The van der Waals surface area contributed by atoms with E-state index in [4.69, 9.17) is 4.74 Å². The minimum absolute atomic E-state index is 0.0949. The molecule has 0 fully saturated rings. The molecule has 0 spiro atoms. The Kier molecular flexibility index (Phi) is 6.62. The van der Waals surface area contributed by atoms with Crippen LogP contribution >= 0.6 is 0 Å². The SMILES string of the molecule is COc1ccc(C(=O)NCCc2nnc3n2CCN(Cc2ccc(C)cc2)CC3)cc1. The molecule has 0 radical (unpaired) electrons. The van der Waals surface area contributed by atoms with Crippen LogP contribution < -0.4 is 10.1 Å². The number of carbonyl (C=O) groups excluding carboxylic acids is 1. The van der Waals surface area contributed by atoms with Crippen LogP contribution in [0.1, 0.15) is 33.1 Å². The number of amides is 1. The second kappa shape index (κ2) is 9.75. The molecule has 7 heteroatoms. The molecule has 1 N–H and O–H groups in total. The highest BCUT2D eigenvalue weighted by Gasteiger charge is 2.19. The smallest absolute Gasteiger partial charge is 0.251 e. The summed E-state index contributed by atoms with van der Waals surface area (Å²) in [6.45, 7) is 6.39. The number of nitrogens with one attached hydrogen (secondary N) is 1. The predicted octanol–water partition coefficient (Wildman–Crippen LogP) is 2.63. The van der Waals surface area contributed by atoms with Crippen molar-refractivity contribution in [1.29, 1.82) is 0 Å². The van der Waals surface area contributed by atoms with Gasteiger partial charge in [-0.05, 0) is 36.8 Å². The number of nitrogens with zero attached hydrogens (tertiary/aromatic N) is 4. The summed E-state index contributed by atoms with van der Waals surface area (Å²) in [5.41, 5.74) is 3.24. The highest BCUT2D eigenvalue weighted by atomic mass is 16.5. The van der Waals surface area contributed by atoms with E-state index in [0.29, 0.717) is 18.5 Å². The third-order valence-corrected chi connectivity index (χ3v) is 5.71. The van der Waals surface area contributed by atoms with Gasteiger partial charge in [0.2, 0.25) is 0 Å². The largest absolute Gasteiger partial charge is 0.497 e. The summed E-state index contributed by atoms with van der Waals surface area (Å²) in [4.78, 5) is 14.8. The Morgan fingerprint density at radius 3 is 2.55 bits per heavy atom. The summed E-state index contributed by atoms with van der Waals surface area (Å²) < 4.78 is 7.35. The van der Waals surface area contributed by atoms with Gasteiger partial charge in [0.1, 0.15) is 17.4 Å². The molecule has 0 aliphatic carbocycles. The van der Waals surface area contributed by atoms with Gasteiger partial charge in [-0.15, -0.1) is 10.2 Å². The first-order valence-electron chi connectivity index (χ1n) is 10.7. The first-order valence-corrected chi connectivity index (χ1v) is 10.7. The molecule has 7 nitrogen and oxygen atoms in total. The minimum atomic E-state index is -0.0949. The highest BCUT2D eigenvalue weighted by Crippen LogP contribution is 2.14. The number of methoxy groups -OCH3 is 1. The summed E-state index contributed by atoms with van der Waals surface area (Å²) in [6, 6.07) is 15.8. The normalized spacial score (nSPS) is 14.0. The second-order valence-electron chi connectivity index (χ2n) is 7.93. The number of carbonyl (C=O) groups is 1. The molecule has 0 saturated carbocycles. The summed E-state index contributed by atoms with van der Waals surface area (Å²) in [5, 5.41) is 11.8. The molecule has 3 aromatic rings. The number of rotatable bonds is 7. The Morgan fingerprint density at radius 1 is 1.03 bits per heavy atom. The van der Waals surface area contributed by atoms with Crippen molar-refractivity contribution in [3.8, 4) is 5.75 Å². The third kappa shape index (κ3) is 5.30. The van der Waals surface area contributed by atoms with Gasteiger partial charge in [0.25, 0.3) is 5.91 Å². The average molecular weight is 420 g/mol. The highest BCUT2D eigenvalue weighted by molar-refractivity contribution is 5.94. The fraction of sp³-hybridized carbons (Fsp3) is 0.375. The van der Waals surface area contributed by atoms with Crippen molar-refractivity contribution < 1.29 is 9.53 Å². The van der Waals surface area contributed by atoms with Crippen molar-refractivity contribution in [3.05, 3.63) is 76.9 Å². The molecule has 0 saturated heterocycles. The van der Waals surface area contributed by atoms with Gasteiger partial charge in [-0.25, -0.2) is 0 Å². The van der Waals surface area contributed by atoms with Crippen molar-refractivity contribution in [3.63, 3.8) is 0 Å². The maximum Gasteiger partial charge on any atom is 0.251 e. The number of ether oxygens (including phenoxy) is 1. The van der Waals surface area contributed by atoms with Crippen LogP contribution in [-0.4, -0.2) is 52.3 Å². The Balaban J connectivity index is 1.30. The number of aryl methyl sites for hydroxylation is 1. The number of hydrogen-bond donors (Lipinski definition) is 1. The Labute approximate surface area is 183 Å². The molecular formula is C24H29N5O2. The minimum Gasteiger partial charge on any atom is -0.497 e. The van der Waals surface area contributed by atoms with Crippen LogP contribution in [0.15, 0.2) is 48.5 Å². The molecule has 1 aromatic heterocycles. The van der Waals surface area contributed by atoms with Gasteiger partial charge in [-0.2, -0.15) is 0 Å². The molecule has 4 rings (SSSR count). The van der Waals surface area contributed by atoms with E-state index in [-0.39, 0.29) is 5.91 Å². The monoisotopic (exact) mass is 419 g/mol. The van der Waals surface area contributed by atoms with Gasteiger partial charge in [0.15, 0.2) is 0 Å². The molecule has 0 unspecified atom stereocenters. The van der Waals surface area contributed by atoms with Gasteiger partial charge in [0.05, 0.1) is 7.11 Å². The lowest BCUT2D eigenvalue weighted by atomic mass is 10.1. The van der Waals surface area contributed by atoms with Gasteiger partial charge < -0.3 is 14.6 Å². The lowest BCUT2D eigenvalue weighted by molar-refractivity contribution is 0.0954. The van der Waals surface area contributed by atoms with Gasteiger partial charge in [0, 0.05) is 51.1 Å². The molecule has 0 bridgehead atoms. The molecule has 31 heavy (non-hydrogen) atoms. The molecule has 0 atom stereocenters. The molecule has 2 aromatic carbocycles. The molecular weight excluding hydrogens is 390 g/mol. The van der Waals surface area contributed by atoms with Gasteiger partial charge >= 0.3 is 0 Å². The maximum atomic E-state index is 12.4. The number of benzene rings is 2. The molecule has 2 heterocycles. The molecule has 1 aliphatic rings. The van der Waals surface area contributed by atoms with E-state index in [1.807, 2.05) is 0 Å². The van der Waals surface area contributed by atoms with Crippen LogP contribution in [0.2, 0.25) is 0 Å². The quantitative estimate of drug-likeness (QED) is 0.637. The lowest BCUT2D eigenvalue weighted by Gasteiger charge is -2.19. The fourth-order valence-corrected chi connectivity index (χ4v) is 3.85. The van der Waals surface area contributed by atoms with E-state index in [9.17, 15) is 4.79 Å². The van der Waals surface area contributed by atoms with Crippen molar-refractivity contribution >= 4 is 5.91 Å². The predicted molar refractivity (Wildman–Crippen MR) is 119 cm³/mol. The zero-order valence-electron chi connectivity index (χ0n) is 18.2. The van der Waals surface area contributed by atoms with Crippen LogP contribution in [0.25, 0.3) is 0 Å². The van der Waals surface area contributed by atoms with Crippen molar-refractivity contribution in [2.24, 2.45) is 0 Å². The summed E-state index contributed by atoms with van der Waals surface area (Å²) in [7, 11) is 1.61. The lowest BCUT2D eigenvalue weighted by Crippen LogP contribution is -2.28. The number of aromatic nitrogens is 3. The summed E-state index contributed by atoms with van der Waals surface area (Å²) in [5.74, 6) is 2.60. The Bertz CT molecular complexity index is 1010. The van der Waals surface area contributed by atoms with E-state index in [1.54, 1.807) is 31.4 Å². The standard InChI is InChI=1S/C24H29N5O2/c1-18-3-5-19(6-4-18)17-28-14-12-23-27-26-22(29(23)16-15-28)11-13-25-24(30)20-7-9-21(31-2)10-8-20/h3-10H,11-17H2,1-2H3,(H,25,30). The first kappa shape index (κ1) is 21.1. The van der Waals surface area contributed by atoms with Crippen LogP contribution in [0, 0.1) is 6.92 Å². The second-order valence-corrected chi connectivity index (χ2v) is 7.93. The van der Waals surface area contributed by atoms with E-state index < -0.39 is 0 Å². The van der Waals surface area contributed by atoms with E-state index in [2.05, 4.69) is 56.2 Å². The number of fused-ring (bicyclic) bond motifs is 1. The summed E-state index contributed by atoms with van der Waals surface area (Å²) in [6.07, 6.45) is 1.55. The van der Waals surface area contributed by atoms with Crippen molar-refractivity contribution in [2.45, 2.75) is 32.9 Å². The molecule has 162 valence electrons. The topological polar surface area (TPSA) is 72.3 Å². The van der Waals surface area contributed by atoms with E-state index >= 15 is 0 Å². The van der Waals surface area contributed by atoms with Crippen LogP contribution in [0.3, 0.4) is 0 Å². The number of hydrogen-bond acceptors (Lipinski definition) is 5. The zero-order valence-corrected chi connectivity index (χ0v) is 18.2. The van der Waals surface area contributed by atoms with Crippen LogP contribution in [0.5, 0.6) is 5.75 Å². The molecule has 1 aliphatic heterocycles. The zero-order chi connectivity index (χ0) is 21.6. The average Bonchev–Trinajstić information content (AvgIpc) is 3.07. The van der Waals surface area contributed by atoms with E-state index in [1.165, 1.54) is 11.1 Å². The molecule has 1 amide bonds. The fourth-order valence-electron chi connectivity index (χ4n) is 3.85. The Hall–Kier alpha value is -3.19. The maximum absolute atomic E-state index is 12.4. The van der Waals surface area contributed by atoms with Gasteiger partial charge in [-0.3, -0.25) is 9.69 Å². The van der Waals surface area contributed by atoms with Crippen LogP contribution in [0.4, 0.5) is 0 Å². The first-order chi connectivity index (χ1) is 15.1. The van der Waals surface area contributed by atoms with Crippen molar-refractivity contribution in [2.75, 3.05) is 26.7 Å². The van der Waals surface area contributed by atoms with Gasteiger partial charge in [-0.1, -0.05) is 29.8 Å². The van der Waals surface area contributed by atoms with Crippen molar-refractivity contribution in [1.82, 2.24) is 25.0 Å². The summed E-state index contributed by atoms with van der Waals surface area (Å²) >= 11 is 0. The third-order valence-electron chi connectivity index (χ3n) is 5.71. The van der Waals surface area contributed by atoms with Crippen LogP contribution in [-0.2, 0) is 25.9 Å². The van der Waals surface area contributed by atoms with E-state index in [0.717, 1.165) is 50.0 Å². The Morgan fingerprint density at radius 2 is 1.81 bits per heavy atom.